The van der Waals surface area contributed by atoms with Crippen molar-refractivity contribution in [3.05, 3.63) is 22.7 Å². The number of ether oxygens (including phenoxy) is 2. The number of rotatable bonds is 6. The van der Waals surface area contributed by atoms with Crippen LogP contribution in [0.5, 0.6) is 11.5 Å². The Balaban J connectivity index is 3.11. The Morgan fingerprint density at radius 2 is 2.05 bits per heavy atom. The average molecular weight is 288 g/mol. The quantitative estimate of drug-likeness (QED) is 0.755. The molecule has 1 amide bonds. The lowest BCUT2D eigenvalue weighted by Crippen LogP contribution is -2.25. The molecule has 0 bridgehead atoms. The molecule has 0 unspecified atom stereocenters. The highest BCUT2D eigenvalue weighted by atomic mass is 35.5. The molecule has 0 spiro atoms. The van der Waals surface area contributed by atoms with Crippen LogP contribution in [0.15, 0.2) is 12.1 Å². The van der Waals surface area contributed by atoms with Crippen molar-refractivity contribution in [1.29, 1.82) is 0 Å². The normalized spacial score (nSPS) is 10.2. The Morgan fingerprint density at radius 1 is 1.37 bits per heavy atom. The topological polar surface area (TPSA) is 48.0 Å². The van der Waals surface area contributed by atoms with Crippen LogP contribution >= 0.6 is 11.6 Å². The monoisotopic (exact) mass is 287 g/mol. The van der Waals surface area contributed by atoms with Gasteiger partial charge in [-0.25, -0.2) is 5.06 Å². The number of hydroxylamine groups is 2. The molecule has 0 saturated heterocycles. The molecule has 0 fully saturated rings. The van der Waals surface area contributed by atoms with Crippen LogP contribution in [0.2, 0.25) is 5.02 Å². The van der Waals surface area contributed by atoms with Crippen LogP contribution in [0.3, 0.4) is 0 Å². The molecule has 0 aliphatic carbocycles. The van der Waals surface area contributed by atoms with Gasteiger partial charge < -0.3 is 9.47 Å². The number of carbonyl (C=O) groups is 1. The minimum Gasteiger partial charge on any atom is -0.493 e. The minimum atomic E-state index is -0.315. The zero-order chi connectivity index (χ0) is 14.4. The van der Waals surface area contributed by atoms with Gasteiger partial charge in [0.1, 0.15) is 0 Å². The maximum Gasteiger partial charge on any atom is 0.277 e. The first-order valence-electron chi connectivity index (χ1n) is 5.87. The summed E-state index contributed by atoms with van der Waals surface area (Å²) >= 11 is 6.12. The number of benzene rings is 1. The van der Waals surface area contributed by atoms with Gasteiger partial charge in [-0.2, -0.15) is 0 Å². The van der Waals surface area contributed by atoms with Crippen LogP contribution in [0.4, 0.5) is 0 Å². The molecule has 0 radical (unpaired) electrons. The Morgan fingerprint density at radius 3 is 2.58 bits per heavy atom. The van der Waals surface area contributed by atoms with E-state index in [-0.39, 0.29) is 5.91 Å². The van der Waals surface area contributed by atoms with Gasteiger partial charge in [-0.05, 0) is 18.6 Å². The number of amides is 1. The smallest absolute Gasteiger partial charge is 0.277 e. The van der Waals surface area contributed by atoms with E-state index in [0.29, 0.717) is 28.7 Å². The van der Waals surface area contributed by atoms with Crippen molar-refractivity contribution in [2.24, 2.45) is 0 Å². The molecule has 0 atom stereocenters. The van der Waals surface area contributed by atoms with E-state index >= 15 is 0 Å². The molecule has 19 heavy (non-hydrogen) atoms. The van der Waals surface area contributed by atoms with Crippen LogP contribution in [0.1, 0.15) is 23.7 Å². The van der Waals surface area contributed by atoms with Crippen molar-refractivity contribution in [2.45, 2.75) is 13.3 Å². The molecular weight excluding hydrogens is 270 g/mol. The van der Waals surface area contributed by atoms with Crippen molar-refractivity contribution in [1.82, 2.24) is 5.06 Å². The van der Waals surface area contributed by atoms with Gasteiger partial charge >= 0.3 is 0 Å². The number of halogens is 1. The first-order valence-corrected chi connectivity index (χ1v) is 6.25. The summed E-state index contributed by atoms with van der Waals surface area (Å²) in [7, 11) is 4.43. The first kappa shape index (κ1) is 15.6. The van der Waals surface area contributed by atoms with Gasteiger partial charge in [0.25, 0.3) is 5.91 Å². The maximum absolute atomic E-state index is 12.0. The molecule has 5 nitrogen and oxygen atoms in total. The number of carbonyl (C=O) groups excluding carboxylic acids is 1. The SMILES string of the molecule is CCCOc1c(Cl)cc(C(=O)N(C)OC)cc1OC. The molecule has 1 aromatic carbocycles. The van der Waals surface area contributed by atoms with Gasteiger partial charge in [0.2, 0.25) is 0 Å². The van der Waals surface area contributed by atoms with Crippen molar-refractivity contribution in [2.75, 3.05) is 27.9 Å². The Bertz CT molecular complexity index is 451. The highest BCUT2D eigenvalue weighted by molar-refractivity contribution is 6.32. The van der Waals surface area contributed by atoms with Crippen LogP contribution < -0.4 is 9.47 Å². The molecular formula is C13H18ClNO4. The Kier molecular flexibility index (Phi) is 5.92. The zero-order valence-electron chi connectivity index (χ0n) is 11.5. The lowest BCUT2D eigenvalue weighted by Gasteiger charge is -2.16. The fourth-order valence-electron chi connectivity index (χ4n) is 1.45. The predicted molar refractivity (Wildman–Crippen MR) is 72.9 cm³/mol. The van der Waals surface area contributed by atoms with Crippen LogP contribution in [-0.2, 0) is 4.84 Å². The zero-order valence-corrected chi connectivity index (χ0v) is 12.3. The second kappa shape index (κ2) is 7.21. The summed E-state index contributed by atoms with van der Waals surface area (Å²) in [4.78, 5) is 16.8. The fraction of sp³-hybridized carbons (Fsp3) is 0.462. The highest BCUT2D eigenvalue weighted by Crippen LogP contribution is 2.36. The summed E-state index contributed by atoms with van der Waals surface area (Å²) in [6.45, 7) is 2.52. The molecule has 0 saturated carbocycles. The van der Waals surface area contributed by atoms with Crippen LogP contribution in [-0.4, -0.2) is 38.8 Å². The van der Waals surface area contributed by atoms with E-state index < -0.39 is 0 Å². The highest BCUT2D eigenvalue weighted by Gasteiger charge is 2.18. The number of hydrogen-bond donors (Lipinski definition) is 0. The van der Waals surface area contributed by atoms with Crippen molar-refractivity contribution in [3.63, 3.8) is 0 Å². The molecule has 6 heteroatoms. The van der Waals surface area contributed by atoms with E-state index in [2.05, 4.69) is 0 Å². The fourth-order valence-corrected chi connectivity index (χ4v) is 1.72. The Labute approximate surface area is 118 Å². The summed E-state index contributed by atoms with van der Waals surface area (Å²) in [5, 5.41) is 1.44. The Hall–Kier alpha value is -1.46. The van der Waals surface area contributed by atoms with Gasteiger partial charge in [-0.1, -0.05) is 18.5 Å². The third-order valence-corrected chi connectivity index (χ3v) is 2.77. The number of methoxy groups -OCH3 is 1. The van der Waals surface area contributed by atoms with E-state index in [4.69, 9.17) is 25.9 Å². The van der Waals surface area contributed by atoms with Crippen LogP contribution in [0, 0.1) is 0 Å². The van der Waals surface area contributed by atoms with Gasteiger partial charge in [0.05, 0.1) is 25.8 Å². The van der Waals surface area contributed by atoms with Crippen molar-refractivity contribution < 1.29 is 19.1 Å². The molecule has 0 aliphatic heterocycles. The molecule has 1 aromatic rings. The van der Waals surface area contributed by atoms with Gasteiger partial charge in [0, 0.05) is 12.6 Å². The van der Waals surface area contributed by atoms with Gasteiger partial charge in [-0.15, -0.1) is 0 Å². The third kappa shape index (κ3) is 3.75. The lowest BCUT2D eigenvalue weighted by molar-refractivity contribution is -0.0757. The molecule has 0 aliphatic rings. The van der Waals surface area contributed by atoms with Gasteiger partial charge in [0.15, 0.2) is 11.5 Å². The van der Waals surface area contributed by atoms with Gasteiger partial charge in [-0.3, -0.25) is 9.63 Å². The second-order valence-corrected chi connectivity index (χ2v) is 4.23. The summed E-state index contributed by atoms with van der Waals surface area (Å²) in [6.07, 6.45) is 0.854. The van der Waals surface area contributed by atoms with Crippen LogP contribution in [0.25, 0.3) is 0 Å². The molecule has 0 heterocycles. The van der Waals surface area contributed by atoms with Crippen molar-refractivity contribution in [3.8, 4) is 11.5 Å². The third-order valence-electron chi connectivity index (χ3n) is 2.49. The van der Waals surface area contributed by atoms with E-state index in [1.165, 1.54) is 27.3 Å². The molecule has 1 rings (SSSR count). The summed E-state index contributed by atoms with van der Waals surface area (Å²) < 4.78 is 10.7. The van der Waals surface area contributed by atoms with Crippen molar-refractivity contribution >= 4 is 17.5 Å². The number of hydrogen-bond acceptors (Lipinski definition) is 4. The number of nitrogens with zero attached hydrogens (tertiary/aromatic N) is 1. The maximum atomic E-state index is 12.0. The summed E-state index contributed by atoms with van der Waals surface area (Å²) in [5.74, 6) is 0.557. The standard InChI is InChI=1S/C13H18ClNO4/c1-5-6-19-12-10(14)7-9(8-11(12)17-3)13(16)15(2)18-4/h7-8H,5-6H2,1-4H3. The molecule has 106 valence electrons. The second-order valence-electron chi connectivity index (χ2n) is 3.82. The average Bonchev–Trinajstić information content (AvgIpc) is 2.43. The minimum absolute atomic E-state index is 0.315. The van der Waals surface area contributed by atoms with E-state index in [0.717, 1.165) is 11.5 Å². The van der Waals surface area contributed by atoms with E-state index in [1.54, 1.807) is 6.07 Å². The lowest BCUT2D eigenvalue weighted by atomic mass is 10.2. The largest absolute Gasteiger partial charge is 0.493 e. The first-order chi connectivity index (χ1) is 9.04. The van der Waals surface area contributed by atoms with E-state index in [1.807, 2.05) is 6.92 Å². The molecule has 0 aromatic heterocycles. The van der Waals surface area contributed by atoms with E-state index in [9.17, 15) is 4.79 Å². The summed E-state index contributed by atoms with van der Waals surface area (Å²) in [5.41, 5.74) is 0.370. The molecule has 0 N–H and O–H groups in total. The predicted octanol–water partition coefficient (Wildman–Crippen LogP) is 2.77. The summed E-state index contributed by atoms with van der Waals surface area (Å²) in [6, 6.07) is 3.11.